The van der Waals surface area contributed by atoms with E-state index in [0.29, 0.717) is 6.54 Å². The van der Waals surface area contributed by atoms with Crippen molar-refractivity contribution in [3.63, 3.8) is 0 Å². The Morgan fingerprint density at radius 1 is 1.62 bits per heavy atom. The number of anilines is 1. The Morgan fingerprint density at radius 2 is 2.38 bits per heavy atom. The lowest BCUT2D eigenvalue weighted by Gasteiger charge is -2.41. The lowest BCUT2D eigenvalue weighted by atomic mass is 10.1. The fourth-order valence-corrected chi connectivity index (χ4v) is 2.96. The third kappa shape index (κ3) is 2.71. The third-order valence-corrected chi connectivity index (χ3v) is 3.76. The summed E-state index contributed by atoms with van der Waals surface area (Å²) in [5.74, 6) is 0. The monoisotopic (exact) mass is 307 g/mol. The molecule has 1 N–H and O–H groups in total. The predicted molar refractivity (Wildman–Crippen MR) is 65.9 cm³/mol. The molecule has 1 unspecified atom stereocenters. The molecule has 1 aromatic heterocycles. The van der Waals surface area contributed by atoms with Crippen molar-refractivity contribution in [1.82, 2.24) is 10.2 Å². The Labute approximate surface area is 107 Å². The van der Waals surface area contributed by atoms with E-state index >= 15 is 0 Å². The molecule has 1 aromatic rings. The van der Waals surface area contributed by atoms with Gasteiger partial charge in [0, 0.05) is 13.1 Å². The molecule has 0 saturated carbocycles. The Kier molecular flexibility index (Phi) is 3.48. The Hall–Kier alpha value is -0.240. The topological polar surface area (TPSA) is 58.5 Å². The average molecular weight is 308 g/mol. The van der Waals surface area contributed by atoms with Gasteiger partial charge >= 0.3 is 0 Å². The zero-order chi connectivity index (χ0) is 11.8. The zero-order valence-corrected chi connectivity index (χ0v) is 11.6. The van der Waals surface area contributed by atoms with E-state index in [0.717, 1.165) is 15.6 Å². The highest BCUT2D eigenvalue weighted by Gasteiger charge is 2.34. The zero-order valence-electron chi connectivity index (χ0n) is 9.18. The number of hydrogen-bond acceptors (Lipinski definition) is 6. The summed E-state index contributed by atoms with van der Waals surface area (Å²) in [7, 11) is 0. The first-order valence-electron chi connectivity index (χ1n) is 5.03. The number of ether oxygens (including phenoxy) is 1. The molecule has 0 bridgehead atoms. The van der Waals surface area contributed by atoms with Crippen LogP contribution in [0.1, 0.15) is 13.8 Å². The molecule has 2 heterocycles. The average Bonchev–Trinajstić information content (AvgIpc) is 2.62. The smallest absolute Gasteiger partial charge is 0.209 e. The summed E-state index contributed by atoms with van der Waals surface area (Å²) in [6, 6.07) is 0. The minimum absolute atomic E-state index is 0.0277. The molecule has 1 aliphatic heterocycles. The summed E-state index contributed by atoms with van der Waals surface area (Å²) < 4.78 is 6.51. The van der Waals surface area contributed by atoms with Crippen molar-refractivity contribution in [1.29, 1.82) is 0 Å². The van der Waals surface area contributed by atoms with Crippen molar-refractivity contribution < 1.29 is 9.84 Å². The Morgan fingerprint density at radius 3 is 2.94 bits per heavy atom. The molecular formula is C9H14BrN3O2S. The first-order chi connectivity index (χ1) is 7.50. The van der Waals surface area contributed by atoms with Crippen LogP contribution < -0.4 is 4.90 Å². The SMILES string of the molecule is CC1(C)CN(c2nnc(Br)s2)CC(CO)O1. The minimum atomic E-state index is -0.274. The maximum Gasteiger partial charge on any atom is 0.209 e. The first kappa shape index (κ1) is 12.2. The van der Waals surface area contributed by atoms with Crippen LogP contribution in [0.15, 0.2) is 3.92 Å². The molecule has 2 rings (SSSR count). The van der Waals surface area contributed by atoms with Crippen molar-refractivity contribution in [2.75, 3.05) is 24.6 Å². The van der Waals surface area contributed by atoms with E-state index in [2.05, 4.69) is 31.0 Å². The second-order valence-electron chi connectivity index (χ2n) is 4.40. The fraction of sp³-hybridized carbons (Fsp3) is 0.778. The van der Waals surface area contributed by atoms with Gasteiger partial charge in [0.1, 0.15) is 0 Å². The molecule has 0 aliphatic carbocycles. The summed E-state index contributed by atoms with van der Waals surface area (Å²) in [4.78, 5) is 2.10. The molecule has 0 radical (unpaired) electrons. The number of aromatic nitrogens is 2. The van der Waals surface area contributed by atoms with E-state index in [1.165, 1.54) is 11.3 Å². The lowest BCUT2D eigenvalue weighted by Crippen LogP contribution is -2.54. The molecule has 0 spiro atoms. The van der Waals surface area contributed by atoms with Crippen molar-refractivity contribution in [3.05, 3.63) is 3.92 Å². The van der Waals surface area contributed by atoms with Gasteiger partial charge in [-0.2, -0.15) is 0 Å². The van der Waals surface area contributed by atoms with Crippen molar-refractivity contribution in [2.24, 2.45) is 0 Å². The highest BCUT2D eigenvalue weighted by atomic mass is 79.9. The number of halogens is 1. The molecule has 7 heteroatoms. The maximum atomic E-state index is 9.20. The maximum absolute atomic E-state index is 9.20. The molecule has 1 saturated heterocycles. The largest absolute Gasteiger partial charge is 0.394 e. The van der Waals surface area contributed by atoms with Gasteiger partial charge in [0.15, 0.2) is 3.92 Å². The summed E-state index contributed by atoms with van der Waals surface area (Å²) >= 11 is 4.79. The Bertz CT molecular complexity index is 371. The molecule has 5 nitrogen and oxygen atoms in total. The van der Waals surface area contributed by atoms with E-state index in [4.69, 9.17) is 4.74 Å². The Balaban J connectivity index is 2.15. The van der Waals surface area contributed by atoms with E-state index in [1.54, 1.807) is 0 Å². The van der Waals surface area contributed by atoms with Crippen molar-refractivity contribution in [3.8, 4) is 0 Å². The molecule has 1 atom stereocenters. The molecule has 1 aliphatic rings. The van der Waals surface area contributed by atoms with Crippen LogP contribution in [-0.4, -0.2) is 46.7 Å². The molecule has 0 amide bonds. The number of aliphatic hydroxyl groups excluding tert-OH is 1. The van der Waals surface area contributed by atoms with Crippen LogP contribution in [0, 0.1) is 0 Å². The predicted octanol–water partition coefficient (Wildman–Crippen LogP) is 1.28. The van der Waals surface area contributed by atoms with Crippen LogP contribution in [0.2, 0.25) is 0 Å². The van der Waals surface area contributed by atoms with Gasteiger partial charge in [-0.1, -0.05) is 11.3 Å². The molecule has 0 aromatic carbocycles. The highest BCUT2D eigenvalue weighted by molar-refractivity contribution is 9.11. The summed E-state index contributed by atoms with van der Waals surface area (Å²) in [5, 5.41) is 18.1. The standard InChI is InChI=1S/C9H14BrN3O2S/c1-9(2)5-13(3-6(4-14)15-9)8-12-11-7(10)16-8/h6,14H,3-5H2,1-2H3. The summed E-state index contributed by atoms with van der Waals surface area (Å²) in [5.41, 5.74) is -0.274. The number of hydrogen-bond donors (Lipinski definition) is 1. The first-order valence-corrected chi connectivity index (χ1v) is 6.64. The normalized spacial score (nSPS) is 24.8. The number of rotatable bonds is 2. The van der Waals surface area contributed by atoms with Crippen LogP contribution in [0.5, 0.6) is 0 Å². The van der Waals surface area contributed by atoms with Gasteiger partial charge in [0.05, 0.1) is 18.3 Å². The van der Waals surface area contributed by atoms with E-state index in [9.17, 15) is 5.11 Å². The van der Waals surface area contributed by atoms with Crippen molar-refractivity contribution in [2.45, 2.75) is 25.6 Å². The fourth-order valence-electron chi connectivity index (χ4n) is 1.86. The second kappa shape index (κ2) is 4.56. The lowest BCUT2D eigenvalue weighted by molar-refractivity contribution is -0.101. The van der Waals surface area contributed by atoms with Crippen LogP contribution in [0.25, 0.3) is 0 Å². The minimum Gasteiger partial charge on any atom is -0.394 e. The van der Waals surface area contributed by atoms with Gasteiger partial charge in [-0.15, -0.1) is 10.2 Å². The van der Waals surface area contributed by atoms with Gasteiger partial charge in [-0.25, -0.2) is 0 Å². The second-order valence-corrected chi connectivity index (χ2v) is 6.63. The van der Waals surface area contributed by atoms with Gasteiger partial charge in [0.2, 0.25) is 5.13 Å². The third-order valence-electron chi connectivity index (χ3n) is 2.35. The van der Waals surface area contributed by atoms with Crippen LogP contribution in [0.3, 0.4) is 0 Å². The van der Waals surface area contributed by atoms with Crippen molar-refractivity contribution >= 4 is 32.4 Å². The van der Waals surface area contributed by atoms with E-state index in [1.807, 2.05) is 13.8 Å². The van der Waals surface area contributed by atoms with E-state index in [-0.39, 0.29) is 18.3 Å². The van der Waals surface area contributed by atoms with Crippen LogP contribution in [0.4, 0.5) is 5.13 Å². The summed E-state index contributed by atoms with van der Waals surface area (Å²) in [6.45, 7) is 5.46. The quantitative estimate of drug-likeness (QED) is 0.892. The molecule has 16 heavy (non-hydrogen) atoms. The van der Waals surface area contributed by atoms with Gasteiger partial charge in [-0.3, -0.25) is 0 Å². The van der Waals surface area contributed by atoms with Crippen LogP contribution >= 0.6 is 27.3 Å². The van der Waals surface area contributed by atoms with Gasteiger partial charge in [0.25, 0.3) is 0 Å². The molecular weight excluding hydrogens is 294 g/mol. The molecule has 1 fully saturated rings. The van der Waals surface area contributed by atoms with Crippen LogP contribution in [-0.2, 0) is 4.74 Å². The van der Waals surface area contributed by atoms with Gasteiger partial charge in [-0.05, 0) is 29.8 Å². The number of aliphatic hydroxyl groups is 1. The molecule has 90 valence electrons. The van der Waals surface area contributed by atoms with E-state index < -0.39 is 0 Å². The number of morpholine rings is 1. The number of nitrogens with zero attached hydrogens (tertiary/aromatic N) is 3. The van der Waals surface area contributed by atoms with Gasteiger partial charge < -0.3 is 14.7 Å². The summed E-state index contributed by atoms with van der Waals surface area (Å²) in [6.07, 6.45) is -0.161. The highest BCUT2D eigenvalue weighted by Crippen LogP contribution is 2.29.